The Morgan fingerprint density at radius 3 is 2.37 bits per heavy atom. The van der Waals surface area contributed by atoms with Crippen LogP contribution < -0.4 is 9.73 Å². The van der Waals surface area contributed by atoms with Crippen LogP contribution in [-0.2, 0) is 16.6 Å². The maximum Gasteiger partial charge on any atom is 0.271 e. The van der Waals surface area contributed by atoms with Crippen molar-refractivity contribution in [2.24, 2.45) is 5.10 Å². The van der Waals surface area contributed by atoms with Crippen LogP contribution in [-0.4, -0.2) is 31.9 Å². The maximum atomic E-state index is 12.6. The van der Waals surface area contributed by atoms with Crippen LogP contribution in [0, 0.1) is 0 Å². The molecule has 4 aromatic carbocycles. The normalized spacial score (nSPS) is 11.6. The van der Waals surface area contributed by atoms with E-state index < -0.39 is 15.9 Å². The van der Waals surface area contributed by atoms with Gasteiger partial charge in [0.05, 0.1) is 24.7 Å². The molecule has 0 spiro atoms. The van der Waals surface area contributed by atoms with E-state index in [0.29, 0.717) is 21.8 Å². The minimum Gasteiger partial charge on any atom is -0.507 e. The Kier molecular flexibility index (Phi) is 7.04. The number of phenolic OH excluding ortho intramolecular Hbond substituents is 1. The van der Waals surface area contributed by atoms with Crippen LogP contribution in [0.1, 0.15) is 21.5 Å². The Balaban J connectivity index is 1.49. The highest BCUT2D eigenvalue weighted by molar-refractivity contribution is 7.92. The van der Waals surface area contributed by atoms with Crippen LogP contribution >= 0.6 is 11.6 Å². The molecule has 0 fully saturated rings. The molecule has 178 valence electrons. The SMILES string of the molecule is CS(=O)(=O)N(Cc1ccc(Cl)cc1)c1ccc(C(=O)N/N=C\c2c(O)ccc3ccccc23)cc1. The summed E-state index contributed by atoms with van der Waals surface area (Å²) in [7, 11) is -3.57. The number of fused-ring (bicyclic) bond motifs is 1. The van der Waals surface area contributed by atoms with Gasteiger partial charge >= 0.3 is 0 Å². The number of aromatic hydroxyl groups is 1. The van der Waals surface area contributed by atoms with Gasteiger partial charge in [-0.1, -0.05) is 54.1 Å². The van der Waals surface area contributed by atoms with Gasteiger partial charge in [0.2, 0.25) is 10.0 Å². The number of rotatable bonds is 7. The molecular weight excluding hydrogens is 486 g/mol. The monoisotopic (exact) mass is 507 g/mol. The van der Waals surface area contributed by atoms with E-state index in [1.165, 1.54) is 22.7 Å². The number of phenols is 1. The van der Waals surface area contributed by atoms with Crippen LogP contribution in [0.5, 0.6) is 5.75 Å². The number of nitrogens with zero attached hydrogens (tertiary/aromatic N) is 2. The standard InChI is InChI=1S/C26H22ClN3O4S/c1-35(33,34)30(17-18-6-11-21(27)12-7-18)22-13-8-20(9-14-22)26(32)29-28-16-24-23-5-3-2-4-19(23)10-15-25(24)31/h2-16,31H,17H2,1H3,(H,29,32)/b28-16-. The van der Waals surface area contributed by atoms with Crippen LogP contribution in [0.2, 0.25) is 5.02 Å². The Hall–Kier alpha value is -3.88. The minimum atomic E-state index is -3.57. The third-order valence-electron chi connectivity index (χ3n) is 5.36. The van der Waals surface area contributed by atoms with Gasteiger partial charge in [-0.15, -0.1) is 0 Å². The second kappa shape index (κ2) is 10.2. The molecule has 0 aliphatic rings. The number of hydrogen-bond acceptors (Lipinski definition) is 5. The maximum absolute atomic E-state index is 12.6. The summed E-state index contributed by atoms with van der Waals surface area (Å²) in [6.45, 7) is 0.125. The van der Waals surface area contributed by atoms with E-state index in [1.54, 1.807) is 48.5 Å². The van der Waals surface area contributed by atoms with Crippen molar-refractivity contribution < 1.29 is 18.3 Å². The van der Waals surface area contributed by atoms with E-state index in [2.05, 4.69) is 10.5 Å². The fourth-order valence-electron chi connectivity index (χ4n) is 3.57. The smallest absolute Gasteiger partial charge is 0.271 e. The van der Waals surface area contributed by atoms with E-state index in [-0.39, 0.29) is 12.3 Å². The zero-order valence-corrected chi connectivity index (χ0v) is 20.3. The number of benzene rings is 4. The molecule has 0 radical (unpaired) electrons. The van der Waals surface area contributed by atoms with Gasteiger partial charge < -0.3 is 5.11 Å². The van der Waals surface area contributed by atoms with Gasteiger partial charge in [-0.25, -0.2) is 13.8 Å². The molecule has 7 nitrogen and oxygen atoms in total. The van der Waals surface area contributed by atoms with Gasteiger partial charge in [-0.05, 0) is 58.8 Å². The largest absolute Gasteiger partial charge is 0.507 e. The molecule has 0 aliphatic heterocycles. The van der Waals surface area contributed by atoms with Crippen molar-refractivity contribution >= 4 is 50.2 Å². The Morgan fingerprint density at radius 2 is 1.69 bits per heavy atom. The number of hydrogen-bond donors (Lipinski definition) is 2. The molecule has 0 bridgehead atoms. The minimum absolute atomic E-state index is 0.0487. The van der Waals surface area contributed by atoms with Crippen molar-refractivity contribution in [3.05, 3.63) is 107 Å². The number of carbonyl (C=O) groups excluding carboxylic acids is 1. The molecule has 4 rings (SSSR count). The lowest BCUT2D eigenvalue weighted by Gasteiger charge is -2.22. The molecule has 0 aromatic heterocycles. The lowest BCUT2D eigenvalue weighted by molar-refractivity contribution is 0.0955. The van der Waals surface area contributed by atoms with E-state index in [9.17, 15) is 18.3 Å². The van der Waals surface area contributed by atoms with Crippen LogP contribution in [0.4, 0.5) is 5.69 Å². The van der Waals surface area contributed by atoms with Gasteiger partial charge in [-0.2, -0.15) is 5.10 Å². The quantitative estimate of drug-likeness (QED) is 0.274. The fourth-order valence-corrected chi connectivity index (χ4v) is 4.59. The Bertz CT molecular complexity index is 1500. The van der Waals surface area contributed by atoms with E-state index in [4.69, 9.17) is 11.6 Å². The molecular formula is C26H22ClN3O4S. The highest BCUT2D eigenvalue weighted by atomic mass is 35.5. The molecule has 0 atom stereocenters. The van der Waals surface area contributed by atoms with Crippen molar-refractivity contribution in [1.29, 1.82) is 0 Å². The highest BCUT2D eigenvalue weighted by Crippen LogP contribution is 2.25. The summed E-state index contributed by atoms with van der Waals surface area (Å²) in [5.41, 5.74) is 4.42. The predicted octanol–water partition coefficient (Wildman–Crippen LogP) is 4.93. The lowest BCUT2D eigenvalue weighted by Crippen LogP contribution is -2.29. The highest BCUT2D eigenvalue weighted by Gasteiger charge is 2.18. The summed E-state index contributed by atoms with van der Waals surface area (Å²) < 4.78 is 26.0. The van der Waals surface area contributed by atoms with Crippen molar-refractivity contribution in [3.63, 3.8) is 0 Å². The average Bonchev–Trinajstić information content (AvgIpc) is 2.84. The van der Waals surface area contributed by atoms with Crippen LogP contribution in [0.15, 0.2) is 90.0 Å². The molecule has 0 aliphatic carbocycles. The van der Waals surface area contributed by atoms with Gasteiger partial charge in [0.15, 0.2) is 0 Å². The number of amides is 1. The first-order valence-corrected chi connectivity index (χ1v) is 12.8. The summed E-state index contributed by atoms with van der Waals surface area (Å²) in [6, 6.07) is 24.0. The third-order valence-corrected chi connectivity index (χ3v) is 6.76. The summed E-state index contributed by atoms with van der Waals surface area (Å²) >= 11 is 5.91. The molecule has 0 heterocycles. The van der Waals surface area contributed by atoms with Crippen molar-refractivity contribution in [1.82, 2.24) is 5.43 Å². The topological polar surface area (TPSA) is 99.1 Å². The second-order valence-electron chi connectivity index (χ2n) is 7.86. The zero-order chi connectivity index (χ0) is 25.0. The number of halogens is 1. The van der Waals surface area contributed by atoms with E-state index in [0.717, 1.165) is 22.6 Å². The second-order valence-corrected chi connectivity index (χ2v) is 10.2. The van der Waals surface area contributed by atoms with Gasteiger partial charge in [-0.3, -0.25) is 9.10 Å². The first-order chi connectivity index (χ1) is 16.7. The van der Waals surface area contributed by atoms with Gasteiger partial charge in [0, 0.05) is 16.1 Å². The van der Waals surface area contributed by atoms with Crippen LogP contribution in [0.25, 0.3) is 10.8 Å². The van der Waals surface area contributed by atoms with Crippen molar-refractivity contribution in [3.8, 4) is 5.75 Å². The van der Waals surface area contributed by atoms with Crippen molar-refractivity contribution in [2.75, 3.05) is 10.6 Å². The van der Waals surface area contributed by atoms with Gasteiger partial charge in [0.25, 0.3) is 5.91 Å². The summed E-state index contributed by atoms with van der Waals surface area (Å²) in [6.07, 6.45) is 2.52. The molecule has 0 unspecified atom stereocenters. The summed E-state index contributed by atoms with van der Waals surface area (Å²) in [5, 5.41) is 16.5. The van der Waals surface area contributed by atoms with E-state index >= 15 is 0 Å². The predicted molar refractivity (Wildman–Crippen MR) is 140 cm³/mol. The molecule has 2 N–H and O–H groups in total. The molecule has 0 saturated heterocycles. The fraction of sp³-hybridized carbons (Fsp3) is 0.0769. The molecule has 9 heteroatoms. The molecule has 0 saturated carbocycles. The number of carbonyl (C=O) groups is 1. The molecule has 4 aromatic rings. The zero-order valence-electron chi connectivity index (χ0n) is 18.7. The van der Waals surface area contributed by atoms with E-state index in [1.807, 2.05) is 24.3 Å². The number of hydrazone groups is 1. The third kappa shape index (κ3) is 5.79. The molecule has 1 amide bonds. The van der Waals surface area contributed by atoms with Crippen molar-refractivity contribution in [2.45, 2.75) is 6.54 Å². The number of sulfonamides is 1. The summed E-state index contributed by atoms with van der Waals surface area (Å²) in [5.74, 6) is -0.427. The Labute approximate surface area is 208 Å². The van der Waals surface area contributed by atoms with Crippen LogP contribution in [0.3, 0.4) is 0 Å². The summed E-state index contributed by atoms with van der Waals surface area (Å²) in [4.78, 5) is 12.6. The first kappa shape index (κ1) is 24.3. The van der Waals surface area contributed by atoms with Gasteiger partial charge in [0.1, 0.15) is 5.75 Å². The molecule has 35 heavy (non-hydrogen) atoms. The number of anilines is 1. The first-order valence-electron chi connectivity index (χ1n) is 10.6. The lowest BCUT2D eigenvalue weighted by atomic mass is 10.0. The number of nitrogens with one attached hydrogen (secondary N) is 1. The average molecular weight is 508 g/mol. The Morgan fingerprint density at radius 1 is 1.00 bits per heavy atom.